The van der Waals surface area contributed by atoms with E-state index in [2.05, 4.69) is 9.97 Å². The van der Waals surface area contributed by atoms with E-state index in [4.69, 9.17) is 4.84 Å². The molecule has 1 aliphatic heterocycles. The largest absolute Gasteiger partial charge is 0.267 e. The Morgan fingerprint density at radius 2 is 1.73 bits per heavy atom. The zero-order valence-corrected chi connectivity index (χ0v) is 11.5. The van der Waals surface area contributed by atoms with Crippen LogP contribution < -0.4 is 5.06 Å². The van der Waals surface area contributed by atoms with E-state index in [0.29, 0.717) is 30.0 Å². The van der Waals surface area contributed by atoms with Crippen LogP contribution in [-0.4, -0.2) is 9.97 Å². The summed E-state index contributed by atoms with van der Waals surface area (Å²) in [5.74, 6) is -1.41. The first-order valence-electron chi connectivity index (χ1n) is 6.80. The Bertz CT molecular complexity index is 869. The van der Waals surface area contributed by atoms with E-state index in [-0.39, 0.29) is 0 Å². The van der Waals surface area contributed by atoms with E-state index in [0.717, 1.165) is 23.3 Å². The van der Waals surface area contributed by atoms with Crippen molar-refractivity contribution in [3.05, 3.63) is 65.4 Å². The van der Waals surface area contributed by atoms with Crippen molar-refractivity contribution >= 4 is 16.9 Å². The maximum atomic E-state index is 13.3. The summed E-state index contributed by atoms with van der Waals surface area (Å²) in [6.07, 6.45) is 1.49. The van der Waals surface area contributed by atoms with Gasteiger partial charge >= 0.3 is 0 Å². The Hall–Kier alpha value is -2.60. The fourth-order valence-electron chi connectivity index (χ4n) is 2.47. The van der Waals surface area contributed by atoms with E-state index < -0.39 is 11.6 Å². The maximum absolute atomic E-state index is 13.3. The fourth-order valence-corrected chi connectivity index (χ4v) is 2.47. The minimum absolute atomic E-state index is 0.291. The van der Waals surface area contributed by atoms with Gasteiger partial charge in [0, 0.05) is 12.1 Å². The van der Waals surface area contributed by atoms with Crippen molar-refractivity contribution in [3.63, 3.8) is 0 Å². The molecule has 22 heavy (non-hydrogen) atoms. The second kappa shape index (κ2) is 4.99. The van der Waals surface area contributed by atoms with E-state index in [1.807, 2.05) is 24.3 Å². The summed E-state index contributed by atoms with van der Waals surface area (Å²) in [6, 6.07) is 10.0. The summed E-state index contributed by atoms with van der Waals surface area (Å²) in [5, 5.41) is 1.61. The van der Waals surface area contributed by atoms with Gasteiger partial charge < -0.3 is 0 Å². The Morgan fingerprint density at radius 3 is 2.55 bits per heavy atom. The Balaban J connectivity index is 1.71. The molecule has 4 nitrogen and oxygen atoms in total. The standard InChI is InChI=1S/C16H11F2N3O/c17-12-5-14-15(6-13(12)18)20-16(7-19-14)21-8-10-3-1-2-4-11(10)9-22-21/h1-7H,8-9H2. The van der Waals surface area contributed by atoms with Crippen LogP contribution in [0, 0.1) is 11.6 Å². The number of anilines is 1. The van der Waals surface area contributed by atoms with Crippen LogP contribution in [-0.2, 0) is 18.0 Å². The van der Waals surface area contributed by atoms with Crippen LogP contribution in [0.3, 0.4) is 0 Å². The third-order valence-corrected chi connectivity index (χ3v) is 3.64. The predicted molar refractivity (Wildman–Crippen MR) is 76.9 cm³/mol. The minimum Gasteiger partial charge on any atom is -0.267 e. The summed E-state index contributed by atoms with van der Waals surface area (Å²) in [7, 11) is 0. The smallest absolute Gasteiger partial charge is 0.172 e. The minimum atomic E-state index is -0.941. The molecule has 2 heterocycles. The van der Waals surface area contributed by atoms with Gasteiger partial charge in [0.1, 0.15) is 6.61 Å². The van der Waals surface area contributed by atoms with Crippen LogP contribution in [0.5, 0.6) is 0 Å². The highest BCUT2D eigenvalue weighted by atomic mass is 19.2. The molecule has 0 amide bonds. The lowest BCUT2D eigenvalue weighted by atomic mass is 10.1. The van der Waals surface area contributed by atoms with Crippen LogP contribution in [0.4, 0.5) is 14.6 Å². The molecule has 0 aliphatic carbocycles. The highest BCUT2D eigenvalue weighted by Crippen LogP contribution is 2.25. The second-order valence-electron chi connectivity index (χ2n) is 5.06. The van der Waals surface area contributed by atoms with Crippen molar-refractivity contribution in [2.45, 2.75) is 13.2 Å². The van der Waals surface area contributed by atoms with Gasteiger partial charge in [-0.15, -0.1) is 0 Å². The van der Waals surface area contributed by atoms with Crippen molar-refractivity contribution in [1.82, 2.24) is 9.97 Å². The van der Waals surface area contributed by atoms with Crippen LogP contribution >= 0.6 is 0 Å². The molecule has 0 bridgehead atoms. The lowest BCUT2D eigenvalue weighted by Gasteiger charge is -2.28. The molecular formula is C16H11F2N3O. The second-order valence-corrected chi connectivity index (χ2v) is 5.06. The molecule has 0 spiro atoms. The number of halogens is 2. The molecule has 0 atom stereocenters. The lowest BCUT2D eigenvalue weighted by molar-refractivity contribution is 0.0763. The Morgan fingerprint density at radius 1 is 1.00 bits per heavy atom. The highest BCUT2D eigenvalue weighted by Gasteiger charge is 2.19. The molecule has 0 unspecified atom stereocenters. The lowest BCUT2D eigenvalue weighted by Crippen LogP contribution is -2.28. The molecule has 4 rings (SSSR count). The monoisotopic (exact) mass is 299 g/mol. The van der Waals surface area contributed by atoms with E-state index in [1.165, 1.54) is 6.20 Å². The predicted octanol–water partition coefficient (Wildman–Crippen LogP) is 3.36. The zero-order chi connectivity index (χ0) is 15.1. The van der Waals surface area contributed by atoms with Gasteiger partial charge in [-0.2, -0.15) is 0 Å². The van der Waals surface area contributed by atoms with E-state index in [1.54, 1.807) is 5.06 Å². The van der Waals surface area contributed by atoms with Crippen molar-refractivity contribution < 1.29 is 13.6 Å². The number of hydrogen-bond donors (Lipinski definition) is 0. The third kappa shape index (κ3) is 2.17. The summed E-state index contributed by atoms with van der Waals surface area (Å²) in [4.78, 5) is 14.1. The number of fused-ring (bicyclic) bond motifs is 2. The van der Waals surface area contributed by atoms with Crippen LogP contribution in [0.25, 0.3) is 11.0 Å². The number of hydroxylamine groups is 1. The van der Waals surface area contributed by atoms with Gasteiger partial charge in [0.25, 0.3) is 0 Å². The molecule has 0 radical (unpaired) electrons. The van der Waals surface area contributed by atoms with Crippen LogP contribution in [0.2, 0.25) is 0 Å². The normalized spacial score (nSPS) is 14.2. The number of nitrogens with zero attached hydrogens (tertiary/aromatic N) is 3. The van der Waals surface area contributed by atoms with Gasteiger partial charge in [-0.3, -0.25) is 9.82 Å². The average Bonchev–Trinajstić information content (AvgIpc) is 2.55. The molecule has 0 saturated carbocycles. The Kier molecular flexibility index (Phi) is 2.97. The van der Waals surface area contributed by atoms with E-state index >= 15 is 0 Å². The topological polar surface area (TPSA) is 38.2 Å². The average molecular weight is 299 g/mol. The molecule has 3 aromatic rings. The van der Waals surface area contributed by atoms with Gasteiger partial charge in [0.05, 0.1) is 23.8 Å². The molecule has 6 heteroatoms. The van der Waals surface area contributed by atoms with Crippen LogP contribution in [0.15, 0.2) is 42.6 Å². The molecule has 1 aliphatic rings. The van der Waals surface area contributed by atoms with Crippen molar-refractivity contribution in [3.8, 4) is 0 Å². The summed E-state index contributed by atoms with van der Waals surface area (Å²) >= 11 is 0. The van der Waals surface area contributed by atoms with Gasteiger partial charge in [0.15, 0.2) is 17.5 Å². The van der Waals surface area contributed by atoms with Gasteiger partial charge in [0.2, 0.25) is 0 Å². The summed E-state index contributed by atoms with van der Waals surface area (Å²) in [6.45, 7) is 0.966. The SMILES string of the molecule is Fc1cc2ncc(N3Cc4ccccc4CO3)nc2cc1F. The molecule has 1 aromatic heterocycles. The summed E-state index contributed by atoms with van der Waals surface area (Å²) in [5.41, 5.74) is 2.86. The highest BCUT2D eigenvalue weighted by molar-refractivity contribution is 5.75. The number of rotatable bonds is 1. The molecule has 0 fully saturated rings. The number of hydrogen-bond acceptors (Lipinski definition) is 4. The first-order chi connectivity index (χ1) is 10.7. The van der Waals surface area contributed by atoms with Gasteiger partial charge in [-0.1, -0.05) is 24.3 Å². The van der Waals surface area contributed by atoms with Crippen molar-refractivity contribution in [2.24, 2.45) is 0 Å². The quantitative estimate of drug-likeness (QED) is 0.690. The zero-order valence-electron chi connectivity index (χ0n) is 11.5. The molecular weight excluding hydrogens is 288 g/mol. The first kappa shape index (κ1) is 13.1. The maximum Gasteiger partial charge on any atom is 0.172 e. The van der Waals surface area contributed by atoms with Crippen molar-refractivity contribution in [2.75, 3.05) is 5.06 Å². The van der Waals surface area contributed by atoms with Crippen molar-refractivity contribution in [1.29, 1.82) is 0 Å². The van der Waals surface area contributed by atoms with Gasteiger partial charge in [-0.05, 0) is 11.1 Å². The molecule has 2 aromatic carbocycles. The third-order valence-electron chi connectivity index (χ3n) is 3.64. The number of aromatic nitrogens is 2. The molecule has 0 saturated heterocycles. The van der Waals surface area contributed by atoms with Gasteiger partial charge in [-0.25, -0.2) is 18.8 Å². The fraction of sp³-hybridized carbons (Fsp3) is 0.125. The number of benzene rings is 2. The summed E-state index contributed by atoms with van der Waals surface area (Å²) < 4.78 is 26.5. The van der Waals surface area contributed by atoms with E-state index in [9.17, 15) is 8.78 Å². The Labute approximate surface area is 124 Å². The molecule has 0 N–H and O–H groups in total. The first-order valence-corrected chi connectivity index (χ1v) is 6.80. The molecule has 110 valence electrons. The van der Waals surface area contributed by atoms with Crippen LogP contribution in [0.1, 0.15) is 11.1 Å².